The summed E-state index contributed by atoms with van der Waals surface area (Å²) < 4.78 is 37.0. The zero-order valence-electron chi connectivity index (χ0n) is 21.4. The lowest BCUT2D eigenvalue weighted by Gasteiger charge is -2.34. The van der Waals surface area contributed by atoms with Gasteiger partial charge in [-0.05, 0) is 37.8 Å². The first-order chi connectivity index (χ1) is 17.4. The minimum atomic E-state index is 0.177. The predicted molar refractivity (Wildman–Crippen MR) is 134 cm³/mol. The smallest absolute Gasteiger partial charge is 0.141 e. The standard InChI is InChI=1S/C27H46N2O6/c1-3-9-26-24(7-1)32-19-12-28-11-18-30-16-5-6-17-31-23-29(14-21-34-26)15-22-35-27-10-4-2-8-25(27)33-20-13-28/h5-6,16-17,24-27H,1-4,7-15,18-23H2/b16-5-,17-6-. The van der Waals surface area contributed by atoms with Crippen LogP contribution in [0.15, 0.2) is 24.7 Å². The van der Waals surface area contributed by atoms with Crippen molar-refractivity contribution >= 4 is 0 Å². The van der Waals surface area contributed by atoms with Crippen LogP contribution >= 0.6 is 0 Å². The van der Waals surface area contributed by atoms with Crippen molar-refractivity contribution in [3.05, 3.63) is 24.7 Å². The van der Waals surface area contributed by atoms with Gasteiger partial charge in [-0.3, -0.25) is 9.80 Å². The molecule has 3 aliphatic heterocycles. The van der Waals surface area contributed by atoms with Crippen molar-refractivity contribution in [2.45, 2.75) is 75.8 Å². The first-order valence-corrected chi connectivity index (χ1v) is 13.8. The third-order valence-corrected chi connectivity index (χ3v) is 7.48. The van der Waals surface area contributed by atoms with E-state index in [1.165, 1.54) is 25.7 Å². The van der Waals surface area contributed by atoms with Gasteiger partial charge < -0.3 is 28.4 Å². The second-order valence-corrected chi connectivity index (χ2v) is 9.99. The summed E-state index contributed by atoms with van der Waals surface area (Å²) in [6, 6.07) is 0. The Hall–Kier alpha value is -1.16. The van der Waals surface area contributed by atoms with Crippen molar-refractivity contribution < 1.29 is 28.4 Å². The monoisotopic (exact) mass is 494 g/mol. The highest BCUT2D eigenvalue weighted by molar-refractivity contribution is 4.96. The molecule has 2 aliphatic carbocycles. The summed E-state index contributed by atoms with van der Waals surface area (Å²) in [7, 11) is 0. The number of allylic oxidation sites excluding steroid dienone is 2. The van der Waals surface area contributed by atoms with Crippen LogP contribution in [0.4, 0.5) is 0 Å². The van der Waals surface area contributed by atoms with E-state index in [9.17, 15) is 0 Å². The fourth-order valence-corrected chi connectivity index (χ4v) is 5.40. The van der Waals surface area contributed by atoms with E-state index in [4.69, 9.17) is 28.4 Å². The zero-order valence-corrected chi connectivity index (χ0v) is 21.4. The average molecular weight is 495 g/mol. The minimum absolute atomic E-state index is 0.177. The van der Waals surface area contributed by atoms with E-state index < -0.39 is 0 Å². The van der Waals surface area contributed by atoms with Gasteiger partial charge in [-0.2, -0.15) is 0 Å². The lowest BCUT2D eigenvalue weighted by molar-refractivity contribution is -0.113. The maximum absolute atomic E-state index is 6.39. The van der Waals surface area contributed by atoms with Crippen LogP contribution in [-0.4, -0.2) is 107 Å². The summed E-state index contributed by atoms with van der Waals surface area (Å²) in [5.41, 5.74) is 0. The normalized spacial score (nSPS) is 38.9. The molecule has 0 N–H and O–H groups in total. The van der Waals surface area contributed by atoms with Gasteiger partial charge in [-0.25, -0.2) is 0 Å². The number of fused-ring (bicyclic) bond motifs is 14. The lowest BCUT2D eigenvalue weighted by Crippen LogP contribution is -2.42. The minimum Gasteiger partial charge on any atom is -0.500 e. The lowest BCUT2D eigenvalue weighted by atomic mass is 9.94. The first-order valence-electron chi connectivity index (χ1n) is 13.8. The number of hydrogen-bond acceptors (Lipinski definition) is 8. The summed E-state index contributed by atoms with van der Waals surface area (Å²) in [5.74, 6) is 0. The summed E-state index contributed by atoms with van der Waals surface area (Å²) in [5, 5.41) is 0. The molecule has 5 rings (SSSR count). The zero-order chi connectivity index (χ0) is 24.0. The Labute approximate surface area is 211 Å². The van der Waals surface area contributed by atoms with E-state index in [1.54, 1.807) is 12.5 Å². The summed E-state index contributed by atoms with van der Waals surface area (Å²) in [4.78, 5) is 4.65. The Bertz CT molecular complexity index is 597. The van der Waals surface area contributed by atoms with Gasteiger partial charge in [0.1, 0.15) is 6.73 Å². The fraction of sp³-hybridized carbons (Fsp3) is 0.852. The topological polar surface area (TPSA) is 61.9 Å². The van der Waals surface area contributed by atoms with Crippen LogP contribution in [0.1, 0.15) is 51.4 Å². The van der Waals surface area contributed by atoms with Crippen LogP contribution in [0.5, 0.6) is 0 Å². The van der Waals surface area contributed by atoms with Crippen LogP contribution < -0.4 is 0 Å². The van der Waals surface area contributed by atoms with E-state index in [-0.39, 0.29) is 24.4 Å². The van der Waals surface area contributed by atoms with E-state index in [1.807, 2.05) is 12.2 Å². The fourth-order valence-electron chi connectivity index (χ4n) is 5.40. The first kappa shape index (κ1) is 26.9. The second kappa shape index (κ2) is 15.8. The van der Waals surface area contributed by atoms with Gasteiger partial charge in [0.25, 0.3) is 0 Å². The van der Waals surface area contributed by atoms with Crippen LogP contribution in [0.3, 0.4) is 0 Å². The number of nitrogens with zero attached hydrogens (tertiary/aromatic N) is 2. The van der Waals surface area contributed by atoms with Crippen LogP contribution in [0.2, 0.25) is 0 Å². The molecular weight excluding hydrogens is 448 g/mol. The molecular formula is C27H46N2O6. The molecule has 0 aromatic carbocycles. The number of rotatable bonds is 0. The molecule has 2 saturated carbocycles. The molecule has 35 heavy (non-hydrogen) atoms. The van der Waals surface area contributed by atoms with Gasteiger partial charge in [0, 0.05) is 32.7 Å². The van der Waals surface area contributed by atoms with Crippen LogP contribution in [0.25, 0.3) is 0 Å². The Morgan fingerprint density at radius 1 is 0.457 bits per heavy atom. The van der Waals surface area contributed by atoms with E-state index in [2.05, 4.69) is 9.80 Å². The molecule has 0 aromatic rings. The van der Waals surface area contributed by atoms with Gasteiger partial charge in [0.2, 0.25) is 0 Å². The van der Waals surface area contributed by atoms with Gasteiger partial charge in [-0.1, -0.05) is 25.7 Å². The van der Waals surface area contributed by atoms with E-state index in [0.717, 1.165) is 58.4 Å². The van der Waals surface area contributed by atoms with Gasteiger partial charge in [-0.15, -0.1) is 0 Å². The molecule has 2 bridgehead atoms. The molecule has 1 saturated heterocycles. The molecule has 0 radical (unpaired) electrons. The second-order valence-electron chi connectivity index (χ2n) is 9.99. The van der Waals surface area contributed by atoms with Gasteiger partial charge >= 0.3 is 0 Å². The van der Waals surface area contributed by atoms with Crippen molar-refractivity contribution in [3.63, 3.8) is 0 Å². The van der Waals surface area contributed by atoms with Crippen molar-refractivity contribution in [1.29, 1.82) is 0 Å². The molecule has 0 spiro atoms. The highest BCUT2D eigenvalue weighted by Gasteiger charge is 2.28. The molecule has 8 nitrogen and oxygen atoms in total. The van der Waals surface area contributed by atoms with Crippen molar-refractivity contribution in [2.24, 2.45) is 0 Å². The molecule has 0 aromatic heterocycles. The summed E-state index contributed by atoms with van der Waals surface area (Å²) in [6.45, 7) is 8.07. The third-order valence-electron chi connectivity index (χ3n) is 7.48. The van der Waals surface area contributed by atoms with Gasteiger partial charge in [0.15, 0.2) is 0 Å². The van der Waals surface area contributed by atoms with Crippen molar-refractivity contribution in [2.75, 3.05) is 72.5 Å². The van der Waals surface area contributed by atoms with Gasteiger partial charge in [0.05, 0.1) is 70.0 Å². The Morgan fingerprint density at radius 2 is 0.857 bits per heavy atom. The molecule has 8 heteroatoms. The van der Waals surface area contributed by atoms with Crippen molar-refractivity contribution in [3.8, 4) is 0 Å². The molecule has 200 valence electrons. The Morgan fingerprint density at radius 3 is 1.34 bits per heavy atom. The highest BCUT2D eigenvalue weighted by Crippen LogP contribution is 2.25. The molecule has 3 heterocycles. The van der Waals surface area contributed by atoms with Crippen LogP contribution in [-0.2, 0) is 28.4 Å². The quantitative estimate of drug-likeness (QED) is 0.508. The Balaban J connectivity index is 1.46. The molecule has 4 unspecified atom stereocenters. The molecule has 0 amide bonds. The molecule has 4 atom stereocenters. The average Bonchev–Trinajstić information content (AvgIpc) is 2.88. The Kier molecular flexibility index (Phi) is 12.2. The molecule has 3 fully saturated rings. The number of hydrogen-bond donors (Lipinski definition) is 0. The van der Waals surface area contributed by atoms with E-state index >= 15 is 0 Å². The van der Waals surface area contributed by atoms with Crippen LogP contribution in [0, 0.1) is 0 Å². The largest absolute Gasteiger partial charge is 0.500 e. The summed E-state index contributed by atoms with van der Waals surface area (Å²) in [6.07, 6.45) is 17.1. The molecule has 5 aliphatic rings. The predicted octanol–water partition coefficient (Wildman–Crippen LogP) is 3.32. The summed E-state index contributed by atoms with van der Waals surface area (Å²) >= 11 is 0. The maximum Gasteiger partial charge on any atom is 0.141 e. The number of ether oxygens (including phenoxy) is 6. The SMILES string of the molecule is C1=C\OCCN2CCOC3CCCCC3OCCN(CCOC3CCCCC3OCC2)CO\C=C/1. The van der Waals surface area contributed by atoms with Crippen molar-refractivity contribution in [1.82, 2.24) is 9.80 Å². The third kappa shape index (κ3) is 9.67. The van der Waals surface area contributed by atoms with E-state index in [0.29, 0.717) is 39.8 Å². The maximum atomic E-state index is 6.39. The highest BCUT2D eigenvalue weighted by atomic mass is 16.5.